The number of aromatic nitrogens is 2. The first-order valence-electron chi connectivity index (χ1n) is 11.6. The summed E-state index contributed by atoms with van der Waals surface area (Å²) in [6.45, 7) is 7.86. The van der Waals surface area contributed by atoms with E-state index >= 15 is 0 Å². The summed E-state index contributed by atoms with van der Waals surface area (Å²) in [6.07, 6.45) is -3.20. The molecule has 0 spiro atoms. The van der Waals surface area contributed by atoms with Crippen LogP contribution in [0.3, 0.4) is 0 Å². The number of hydrogen-bond donors (Lipinski definition) is 1. The Morgan fingerprint density at radius 1 is 1.09 bits per heavy atom. The van der Waals surface area contributed by atoms with E-state index in [1.807, 2.05) is 39.0 Å². The van der Waals surface area contributed by atoms with Gasteiger partial charge in [-0.1, -0.05) is 44.2 Å². The monoisotopic (exact) mass is 470 g/mol. The Morgan fingerprint density at radius 3 is 2.47 bits per heavy atom. The standard InChI is InChI=1S/C26H30F2N4O2.H2/c1-16(2)14-22(33)26(34)32-12-10-31(11-13-32)25-20-9-8-17(3)15-21(20)29-24(30-25)19-7-5-4-6-18(19)23(27)28;/h4-9,15-16,22-23,33H,10-14H2,1-3H3;1H. The summed E-state index contributed by atoms with van der Waals surface area (Å²) in [6, 6.07) is 12.2. The first-order valence-corrected chi connectivity index (χ1v) is 11.6. The molecule has 8 heteroatoms. The first-order chi connectivity index (χ1) is 16.2. The third-order valence-electron chi connectivity index (χ3n) is 6.14. The number of rotatable bonds is 6. The molecule has 4 rings (SSSR count). The Balaban J connectivity index is 0.00000342. The highest BCUT2D eigenvalue weighted by atomic mass is 19.3. The van der Waals surface area contributed by atoms with Crippen LogP contribution in [0, 0.1) is 12.8 Å². The Hall–Kier alpha value is -3.13. The van der Waals surface area contributed by atoms with Crippen LogP contribution in [-0.4, -0.2) is 58.2 Å². The molecule has 2 aromatic carbocycles. The van der Waals surface area contributed by atoms with E-state index in [-0.39, 0.29) is 24.6 Å². The van der Waals surface area contributed by atoms with Gasteiger partial charge in [-0.25, -0.2) is 18.7 Å². The molecule has 1 aliphatic heterocycles. The molecule has 0 saturated carbocycles. The van der Waals surface area contributed by atoms with Crippen LogP contribution >= 0.6 is 0 Å². The van der Waals surface area contributed by atoms with Gasteiger partial charge in [0.15, 0.2) is 5.82 Å². The lowest BCUT2D eigenvalue weighted by Gasteiger charge is -2.37. The third kappa shape index (κ3) is 5.01. The average molecular weight is 471 g/mol. The summed E-state index contributed by atoms with van der Waals surface area (Å²) in [5.74, 6) is 0.905. The van der Waals surface area contributed by atoms with Crippen molar-refractivity contribution in [3.63, 3.8) is 0 Å². The van der Waals surface area contributed by atoms with Gasteiger partial charge in [-0.15, -0.1) is 0 Å². The van der Waals surface area contributed by atoms with Crippen molar-refractivity contribution in [1.82, 2.24) is 14.9 Å². The highest BCUT2D eigenvalue weighted by Crippen LogP contribution is 2.33. The fourth-order valence-electron chi connectivity index (χ4n) is 4.37. The maximum Gasteiger partial charge on any atom is 0.264 e. The van der Waals surface area contributed by atoms with E-state index in [0.29, 0.717) is 49.5 Å². The fraction of sp³-hybridized carbons (Fsp3) is 0.423. The van der Waals surface area contributed by atoms with Crippen molar-refractivity contribution in [1.29, 1.82) is 0 Å². The van der Waals surface area contributed by atoms with Crippen LogP contribution in [0.4, 0.5) is 14.6 Å². The molecule has 0 radical (unpaired) electrons. The van der Waals surface area contributed by atoms with Crippen LogP contribution in [0.1, 0.15) is 39.2 Å². The predicted molar refractivity (Wildman–Crippen MR) is 131 cm³/mol. The van der Waals surface area contributed by atoms with E-state index in [1.165, 1.54) is 6.07 Å². The van der Waals surface area contributed by atoms with Gasteiger partial charge in [0.2, 0.25) is 0 Å². The number of carbonyl (C=O) groups is 1. The highest BCUT2D eigenvalue weighted by molar-refractivity contribution is 5.92. The van der Waals surface area contributed by atoms with E-state index in [0.717, 1.165) is 10.9 Å². The maximum atomic E-state index is 13.7. The molecule has 0 bridgehead atoms. The van der Waals surface area contributed by atoms with Gasteiger partial charge in [-0.3, -0.25) is 4.79 Å². The van der Waals surface area contributed by atoms with Crippen LogP contribution in [0.2, 0.25) is 0 Å². The largest absolute Gasteiger partial charge is 0.383 e. The van der Waals surface area contributed by atoms with Crippen LogP contribution in [0.5, 0.6) is 0 Å². The van der Waals surface area contributed by atoms with E-state index in [9.17, 15) is 18.7 Å². The zero-order valence-electron chi connectivity index (χ0n) is 19.7. The number of aryl methyl sites for hydroxylation is 1. The molecule has 1 aromatic heterocycles. The second-order valence-corrected chi connectivity index (χ2v) is 9.24. The van der Waals surface area contributed by atoms with Crippen molar-refractivity contribution in [2.24, 2.45) is 5.92 Å². The number of alkyl halides is 2. The molecule has 6 nitrogen and oxygen atoms in total. The summed E-state index contributed by atoms with van der Waals surface area (Å²) in [4.78, 5) is 25.7. The lowest BCUT2D eigenvalue weighted by Crippen LogP contribution is -2.52. The second-order valence-electron chi connectivity index (χ2n) is 9.24. The Morgan fingerprint density at radius 2 is 1.79 bits per heavy atom. The molecule has 182 valence electrons. The summed E-state index contributed by atoms with van der Waals surface area (Å²) in [5.41, 5.74) is 1.91. The molecule has 1 aliphatic rings. The molecule has 1 fully saturated rings. The molecule has 2 heterocycles. The number of aliphatic hydroxyl groups is 1. The molecule has 1 atom stereocenters. The van der Waals surface area contributed by atoms with Crippen molar-refractivity contribution < 1.29 is 20.1 Å². The van der Waals surface area contributed by atoms with Crippen molar-refractivity contribution in [2.75, 3.05) is 31.1 Å². The number of benzene rings is 2. The predicted octanol–water partition coefficient (Wildman–Crippen LogP) is 4.84. The maximum absolute atomic E-state index is 13.7. The number of amides is 1. The van der Waals surface area contributed by atoms with E-state index < -0.39 is 12.5 Å². The zero-order chi connectivity index (χ0) is 24.4. The fourth-order valence-corrected chi connectivity index (χ4v) is 4.37. The van der Waals surface area contributed by atoms with Gasteiger partial charge in [-0.05, 0) is 37.0 Å². The number of nitrogens with zero attached hydrogens (tertiary/aromatic N) is 4. The normalized spacial score (nSPS) is 15.4. The molecular formula is C26H32F2N4O2. The second kappa shape index (κ2) is 10.0. The molecule has 1 amide bonds. The van der Waals surface area contributed by atoms with Crippen molar-refractivity contribution >= 4 is 22.6 Å². The van der Waals surface area contributed by atoms with Crippen LogP contribution in [-0.2, 0) is 4.79 Å². The van der Waals surface area contributed by atoms with Gasteiger partial charge in [0, 0.05) is 44.1 Å². The number of hydrogen-bond acceptors (Lipinski definition) is 5. The van der Waals surface area contributed by atoms with Gasteiger partial charge < -0.3 is 14.9 Å². The smallest absolute Gasteiger partial charge is 0.264 e. The van der Waals surface area contributed by atoms with Gasteiger partial charge in [0.1, 0.15) is 11.9 Å². The minimum atomic E-state index is -2.64. The summed E-state index contributed by atoms with van der Waals surface area (Å²) in [5, 5.41) is 11.1. The molecule has 0 aliphatic carbocycles. The number of piperazine rings is 1. The van der Waals surface area contributed by atoms with Crippen molar-refractivity contribution in [2.45, 2.75) is 39.7 Å². The number of fused-ring (bicyclic) bond motifs is 1. The van der Waals surface area contributed by atoms with Crippen LogP contribution in [0.25, 0.3) is 22.3 Å². The average Bonchev–Trinajstić information content (AvgIpc) is 2.82. The summed E-state index contributed by atoms with van der Waals surface area (Å²) < 4.78 is 27.4. The summed E-state index contributed by atoms with van der Waals surface area (Å²) in [7, 11) is 0. The van der Waals surface area contributed by atoms with Crippen LogP contribution in [0.15, 0.2) is 42.5 Å². The minimum absolute atomic E-state index is 0. The van der Waals surface area contributed by atoms with Gasteiger partial charge >= 0.3 is 0 Å². The first kappa shape index (κ1) is 24.0. The quantitative estimate of drug-likeness (QED) is 0.558. The number of anilines is 1. The summed E-state index contributed by atoms with van der Waals surface area (Å²) >= 11 is 0. The lowest BCUT2D eigenvalue weighted by molar-refractivity contribution is -0.141. The molecule has 1 N–H and O–H groups in total. The number of halogens is 2. The lowest BCUT2D eigenvalue weighted by atomic mass is 10.0. The van der Waals surface area contributed by atoms with Crippen LogP contribution < -0.4 is 4.90 Å². The number of aliphatic hydroxyl groups excluding tert-OH is 1. The molecule has 3 aromatic rings. The third-order valence-corrected chi connectivity index (χ3v) is 6.14. The Bertz CT molecular complexity index is 1180. The SMILES string of the molecule is Cc1ccc2c(N3CCN(C(=O)C(O)CC(C)C)CC3)nc(-c3ccccc3C(F)F)nc2c1.[HH]. The van der Waals surface area contributed by atoms with Gasteiger partial charge in [0.25, 0.3) is 12.3 Å². The highest BCUT2D eigenvalue weighted by Gasteiger charge is 2.28. The minimum Gasteiger partial charge on any atom is -0.383 e. The van der Waals surface area contributed by atoms with Gasteiger partial charge in [0.05, 0.1) is 5.52 Å². The zero-order valence-corrected chi connectivity index (χ0v) is 19.7. The molecule has 34 heavy (non-hydrogen) atoms. The van der Waals surface area contributed by atoms with E-state index in [1.54, 1.807) is 23.1 Å². The Labute approximate surface area is 199 Å². The number of carbonyl (C=O) groups excluding carboxylic acids is 1. The topological polar surface area (TPSA) is 69.6 Å². The molecule has 1 unspecified atom stereocenters. The molecule has 1 saturated heterocycles. The van der Waals surface area contributed by atoms with E-state index in [4.69, 9.17) is 4.98 Å². The Kier molecular flexibility index (Phi) is 7.07. The molecular weight excluding hydrogens is 438 g/mol. The van der Waals surface area contributed by atoms with Crippen molar-refractivity contribution in [3.05, 3.63) is 53.6 Å². The van der Waals surface area contributed by atoms with Crippen molar-refractivity contribution in [3.8, 4) is 11.4 Å². The van der Waals surface area contributed by atoms with Gasteiger partial charge in [-0.2, -0.15) is 0 Å². The van der Waals surface area contributed by atoms with E-state index in [2.05, 4.69) is 9.88 Å².